The highest BCUT2D eigenvalue weighted by molar-refractivity contribution is 6.08. The molecule has 2 rings (SSSR count). The van der Waals surface area contributed by atoms with Crippen molar-refractivity contribution in [2.24, 2.45) is 0 Å². The van der Waals surface area contributed by atoms with Crippen LogP contribution in [-0.4, -0.2) is 25.0 Å². The smallest absolute Gasteiger partial charge is 0.211 e. The molecule has 0 amide bonds. The molecule has 1 aromatic carbocycles. The third kappa shape index (κ3) is 2.73. The summed E-state index contributed by atoms with van der Waals surface area (Å²) >= 11 is 0. The standard InChI is InChI=1S/C15H15NO3/c1-10-5-4-6-12(16-10)15(17)11-7-8-13(18-2)14(9-11)19-3/h4-9H,1-3H3. The van der Waals surface area contributed by atoms with E-state index < -0.39 is 0 Å². The van der Waals surface area contributed by atoms with Crippen molar-refractivity contribution >= 4 is 5.78 Å². The average molecular weight is 257 g/mol. The number of ether oxygens (including phenoxy) is 2. The molecule has 0 radical (unpaired) electrons. The van der Waals surface area contributed by atoms with E-state index in [0.717, 1.165) is 5.69 Å². The molecule has 0 bridgehead atoms. The first kappa shape index (κ1) is 13.1. The number of aromatic nitrogens is 1. The van der Waals surface area contributed by atoms with Crippen molar-refractivity contribution in [3.63, 3.8) is 0 Å². The summed E-state index contributed by atoms with van der Waals surface area (Å²) in [6, 6.07) is 10.4. The van der Waals surface area contributed by atoms with E-state index in [-0.39, 0.29) is 5.78 Å². The van der Waals surface area contributed by atoms with Crippen molar-refractivity contribution in [2.75, 3.05) is 14.2 Å². The van der Waals surface area contributed by atoms with Crippen molar-refractivity contribution in [1.82, 2.24) is 4.98 Å². The Hall–Kier alpha value is -2.36. The highest BCUT2D eigenvalue weighted by Crippen LogP contribution is 2.28. The quantitative estimate of drug-likeness (QED) is 0.790. The minimum atomic E-state index is -0.135. The molecule has 0 spiro atoms. The average Bonchev–Trinajstić information content (AvgIpc) is 2.45. The van der Waals surface area contributed by atoms with Gasteiger partial charge in [0.1, 0.15) is 5.69 Å². The lowest BCUT2D eigenvalue weighted by Gasteiger charge is -2.09. The Kier molecular flexibility index (Phi) is 3.80. The van der Waals surface area contributed by atoms with Crippen LogP contribution >= 0.6 is 0 Å². The number of rotatable bonds is 4. The molecular weight excluding hydrogens is 242 g/mol. The van der Waals surface area contributed by atoms with E-state index in [0.29, 0.717) is 22.8 Å². The maximum absolute atomic E-state index is 12.3. The third-order valence-corrected chi connectivity index (χ3v) is 2.77. The van der Waals surface area contributed by atoms with E-state index in [1.54, 1.807) is 31.4 Å². The maximum Gasteiger partial charge on any atom is 0.211 e. The zero-order chi connectivity index (χ0) is 13.8. The summed E-state index contributed by atoms with van der Waals surface area (Å²) in [5, 5.41) is 0. The lowest BCUT2D eigenvalue weighted by atomic mass is 10.1. The molecule has 98 valence electrons. The van der Waals surface area contributed by atoms with Crippen LogP contribution in [0.5, 0.6) is 11.5 Å². The number of pyridine rings is 1. The highest BCUT2D eigenvalue weighted by Gasteiger charge is 2.13. The van der Waals surface area contributed by atoms with Gasteiger partial charge in [0.15, 0.2) is 11.5 Å². The molecule has 0 aliphatic carbocycles. The molecule has 1 heterocycles. The lowest BCUT2D eigenvalue weighted by Crippen LogP contribution is -2.05. The summed E-state index contributed by atoms with van der Waals surface area (Å²) in [5.41, 5.74) is 1.76. The Morgan fingerprint density at radius 1 is 1.05 bits per heavy atom. The second-order valence-corrected chi connectivity index (χ2v) is 4.06. The molecule has 2 aromatic rings. The fourth-order valence-corrected chi connectivity index (χ4v) is 1.79. The van der Waals surface area contributed by atoms with Crippen LogP contribution in [0.4, 0.5) is 0 Å². The molecule has 0 aliphatic rings. The number of carbonyl (C=O) groups excluding carboxylic acids is 1. The summed E-state index contributed by atoms with van der Waals surface area (Å²) in [5.74, 6) is 0.988. The van der Waals surface area contributed by atoms with E-state index in [4.69, 9.17) is 9.47 Å². The number of hydrogen-bond acceptors (Lipinski definition) is 4. The van der Waals surface area contributed by atoms with E-state index in [2.05, 4.69) is 4.98 Å². The van der Waals surface area contributed by atoms with Gasteiger partial charge in [-0.3, -0.25) is 4.79 Å². The monoisotopic (exact) mass is 257 g/mol. The van der Waals surface area contributed by atoms with Crippen LogP contribution in [0.3, 0.4) is 0 Å². The molecule has 4 nitrogen and oxygen atoms in total. The van der Waals surface area contributed by atoms with Gasteiger partial charge in [-0.15, -0.1) is 0 Å². The van der Waals surface area contributed by atoms with Crippen LogP contribution in [-0.2, 0) is 0 Å². The van der Waals surface area contributed by atoms with Crippen LogP contribution in [0.25, 0.3) is 0 Å². The van der Waals surface area contributed by atoms with Gasteiger partial charge in [-0.25, -0.2) is 4.98 Å². The zero-order valence-electron chi connectivity index (χ0n) is 11.1. The number of ketones is 1. The topological polar surface area (TPSA) is 48.4 Å². The Labute approximate surface area is 112 Å². The number of carbonyl (C=O) groups is 1. The Balaban J connectivity index is 2.39. The van der Waals surface area contributed by atoms with Gasteiger partial charge >= 0.3 is 0 Å². The van der Waals surface area contributed by atoms with Crippen LogP contribution in [0.15, 0.2) is 36.4 Å². The Morgan fingerprint density at radius 2 is 1.79 bits per heavy atom. The van der Waals surface area contributed by atoms with Crippen molar-refractivity contribution in [1.29, 1.82) is 0 Å². The summed E-state index contributed by atoms with van der Waals surface area (Å²) in [7, 11) is 3.10. The normalized spacial score (nSPS) is 10.1. The molecule has 0 atom stereocenters. The summed E-state index contributed by atoms with van der Waals surface area (Å²) < 4.78 is 10.3. The zero-order valence-corrected chi connectivity index (χ0v) is 11.1. The molecule has 1 aromatic heterocycles. The Morgan fingerprint density at radius 3 is 2.42 bits per heavy atom. The predicted molar refractivity (Wildman–Crippen MR) is 72.0 cm³/mol. The first-order valence-corrected chi connectivity index (χ1v) is 5.86. The molecule has 0 saturated heterocycles. The first-order chi connectivity index (χ1) is 9.15. The van der Waals surface area contributed by atoms with E-state index >= 15 is 0 Å². The van der Waals surface area contributed by atoms with Gasteiger partial charge in [-0.05, 0) is 37.3 Å². The SMILES string of the molecule is COc1ccc(C(=O)c2cccc(C)n2)cc1OC. The predicted octanol–water partition coefficient (Wildman–Crippen LogP) is 2.64. The minimum absolute atomic E-state index is 0.135. The third-order valence-electron chi connectivity index (χ3n) is 2.77. The summed E-state index contributed by atoms with van der Waals surface area (Å²) in [6.45, 7) is 1.85. The number of hydrogen-bond donors (Lipinski definition) is 0. The second kappa shape index (κ2) is 5.52. The molecule has 4 heteroatoms. The molecule has 19 heavy (non-hydrogen) atoms. The van der Waals surface area contributed by atoms with E-state index in [1.165, 1.54) is 7.11 Å². The lowest BCUT2D eigenvalue weighted by molar-refractivity contribution is 0.103. The summed E-state index contributed by atoms with van der Waals surface area (Å²) in [6.07, 6.45) is 0. The fraction of sp³-hybridized carbons (Fsp3) is 0.200. The van der Waals surface area contributed by atoms with Crippen molar-refractivity contribution in [3.8, 4) is 11.5 Å². The van der Waals surface area contributed by atoms with E-state index in [9.17, 15) is 4.79 Å². The highest BCUT2D eigenvalue weighted by atomic mass is 16.5. The van der Waals surface area contributed by atoms with Gasteiger partial charge in [0, 0.05) is 11.3 Å². The first-order valence-electron chi connectivity index (χ1n) is 5.86. The van der Waals surface area contributed by atoms with Crippen LogP contribution in [0, 0.1) is 6.92 Å². The minimum Gasteiger partial charge on any atom is -0.493 e. The van der Waals surface area contributed by atoms with E-state index in [1.807, 2.05) is 19.1 Å². The number of aryl methyl sites for hydroxylation is 1. The second-order valence-electron chi connectivity index (χ2n) is 4.06. The fourth-order valence-electron chi connectivity index (χ4n) is 1.79. The van der Waals surface area contributed by atoms with Crippen LogP contribution in [0.2, 0.25) is 0 Å². The van der Waals surface area contributed by atoms with Crippen molar-refractivity contribution in [3.05, 3.63) is 53.3 Å². The number of nitrogens with zero attached hydrogens (tertiary/aromatic N) is 1. The van der Waals surface area contributed by atoms with Crippen molar-refractivity contribution in [2.45, 2.75) is 6.92 Å². The molecule has 0 aliphatic heterocycles. The van der Waals surface area contributed by atoms with Gasteiger partial charge in [-0.2, -0.15) is 0 Å². The molecule has 0 fully saturated rings. The van der Waals surface area contributed by atoms with Gasteiger partial charge in [0.25, 0.3) is 0 Å². The maximum atomic E-state index is 12.3. The molecule has 0 unspecified atom stereocenters. The molecule has 0 N–H and O–H groups in total. The van der Waals surface area contributed by atoms with Gasteiger partial charge in [-0.1, -0.05) is 6.07 Å². The van der Waals surface area contributed by atoms with Gasteiger partial charge < -0.3 is 9.47 Å². The van der Waals surface area contributed by atoms with Crippen LogP contribution in [0.1, 0.15) is 21.7 Å². The van der Waals surface area contributed by atoms with Crippen LogP contribution < -0.4 is 9.47 Å². The summed E-state index contributed by atoms with van der Waals surface area (Å²) in [4.78, 5) is 16.5. The Bertz CT molecular complexity index is 608. The molecule has 0 saturated carbocycles. The van der Waals surface area contributed by atoms with Gasteiger partial charge in [0.2, 0.25) is 5.78 Å². The molecular formula is C15H15NO3. The number of benzene rings is 1. The van der Waals surface area contributed by atoms with Gasteiger partial charge in [0.05, 0.1) is 14.2 Å². The number of methoxy groups -OCH3 is 2. The largest absolute Gasteiger partial charge is 0.493 e. The van der Waals surface area contributed by atoms with Crippen molar-refractivity contribution < 1.29 is 14.3 Å².